The first kappa shape index (κ1) is 23.2. The first-order valence-electron chi connectivity index (χ1n) is 9.64. The quantitative estimate of drug-likeness (QED) is 0.636. The van der Waals surface area contributed by atoms with Crippen LogP contribution < -0.4 is 21.6 Å². The number of aryl methyl sites for hydroxylation is 1. The van der Waals surface area contributed by atoms with Gasteiger partial charge in [0.05, 0.1) is 5.35 Å². The van der Waals surface area contributed by atoms with E-state index in [0.717, 1.165) is 18.9 Å². The number of anilines is 1. The van der Waals surface area contributed by atoms with Gasteiger partial charge in [-0.05, 0) is 31.4 Å². The molecular formula is C20H27F3N6O. The van der Waals surface area contributed by atoms with Gasteiger partial charge in [0.2, 0.25) is 0 Å². The van der Waals surface area contributed by atoms with Gasteiger partial charge in [-0.25, -0.2) is 0 Å². The lowest BCUT2D eigenvalue weighted by Crippen LogP contribution is -2.30. The molecule has 0 aliphatic carbocycles. The van der Waals surface area contributed by atoms with Crippen LogP contribution in [-0.2, 0) is 13.2 Å². The summed E-state index contributed by atoms with van der Waals surface area (Å²) >= 11 is 0. The molecule has 0 aliphatic heterocycles. The Balaban J connectivity index is 2.37. The molecule has 2 aromatic rings. The molecule has 0 aliphatic rings. The van der Waals surface area contributed by atoms with Gasteiger partial charge < -0.3 is 11.1 Å². The molecule has 0 aromatic carbocycles. The molecule has 0 saturated carbocycles. The predicted octanol–water partition coefficient (Wildman–Crippen LogP) is 2.52. The minimum atomic E-state index is -4.57. The van der Waals surface area contributed by atoms with Gasteiger partial charge in [-0.1, -0.05) is 38.5 Å². The normalized spacial score (nSPS) is 15.7. The van der Waals surface area contributed by atoms with Crippen molar-refractivity contribution in [2.45, 2.75) is 39.8 Å². The van der Waals surface area contributed by atoms with Crippen molar-refractivity contribution >= 4 is 23.9 Å². The molecule has 2 aromatic heterocycles. The fourth-order valence-corrected chi connectivity index (χ4v) is 3.30. The van der Waals surface area contributed by atoms with Crippen molar-refractivity contribution in [1.29, 1.82) is 0 Å². The fraction of sp³-hybridized carbons (Fsp3) is 0.450. The Morgan fingerprint density at radius 3 is 2.67 bits per heavy atom. The van der Waals surface area contributed by atoms with Crippen LogP contribution in [0.1, 0.15) is 49.8 Å². The van der Waals surface area contributed by atoms with Gasteiger partial charge in [-0.2, -0.15) is 23.4 Å². The van der Waals surface area contributed by atoms with Gasteiger partial charge in [0.15, 0.2) is 11.5 Å². The standard InChI is InChI=1S/C20H27F3N6O/c1-5-13(8-7-9-24)12(3)10-14-15(6-2)26-27-18(14)19(30)25-17-11-16(20(21,22)23)29(4)28-17/h6-7,9-13,26H,5,8,24H2,1-4H3,(H,25,28,30)/b9-7-,14-10+,15-6+/t12-,13?/m0/s1. The number of rotatable bonds is 7. The van der Waals surface area contributed by atoms with E-state index in [4.69, 9.17) is 5.73 Å². The Morgan fingerprint density at radius 1 is 1.43 bits per heavy atom. The molecule has 0 saturated heterocycles. The van der Waals surface area contributed by atoms with Crippen molar-refractivity contribution in [3.63, 3.8) is 0 Å². The fourth-order valence-electron chi connectivity index (χ4n) is 3.30. The van der Waals surface area contributed by atoms with E-state index in [1.807, 2.05) is 19.1 Å². The highest BCUT2D eigenvalue weighted by Crippen LogP contribution is 2.30. The zero-order valence-corrected chi connectivity index (χ0v) is 17.4. The molecule has 1 amide bonds. The molecule has 2 heterocycles. The van der Waals surface area contributed by atoms with Crippen LogP contribution in [-0.4, -0.2) is 25.9 Å². The number of halogens is 3. The Kier molecular flexibility index (Phi) is 7.47. The predicted molar refractivity (Wildman–Crippen MR) is 109 cm³/mol. The van der Waals surface area contributed by atoms with E-state index in [9.17, 15) is 18.0 Å². The number of aromatic nitrogens is 4. The second kappa shape index (κ2) is 9.64. The number of hydrogen-bond acceptors (Lipinski definition) is 4. The Hall–Kier alpha value is -3.04. The first-order chi connectivity index (χ1) is 14.1. The van der Waals surface area contributed by atoms with Crippen LogP contribution in [0.4, 0.5) is 19.0 Å². The zero-order valence-electron chi connectivity index (χ0n) is 17.4. The number of aromatic amines is 1. The molecule has 1 unspecified atom stereocenters. The van der Waals surface area contributed by atoms with Gasteiger partial charge >= 0.3 is 6.18 Å². The van der Waals surface area contributed by atoms with E-state index in [0.29, 0.717) is 21.2 Å². The van der Waals surface area contributed by atoms with E-state index in [-0.39, 0.29) is 17.4 Å². The van der Waals surface area contributed by atoms with Crippen LogP contribution in [0.15, 0.2) is 18.3 Å². The Labute approximate surface area is 172 Å². The van der Waals surface area contributed by atoms with E-state index in [2.05, 4.69) is 27.5 Å². The van der Waals surface area contributed by atoms with Crippen molar-refractivity contribution in [2.24, 2.45) is 24.6 Å². The minimum Gasteiger partial charge on any atom is -0.405 e. The first-order valence-corrected chi connectivity index (χ1v) is 9.64. The van der Waals surface area contributed by atoms with E-state index < -0.39 is 17.8 Å². The number of nitrogens with one attached hydrogen (secondary N) is 2. The summed E-state index contributed by atoms with van der Waals surface area (Å²) in [6.07, 6.45) is 4.29. The summed E-state index contributed by atoms with van der Waals surface area (Å²) in [5.74, 6) is -0.413. The highest BCUT2D eigenvalue weighted by molar-refractivity contribution is 6.02. The van der Waals surface area contributed by atoms with Gasteiger partial charge in [0.1, 0.15) is 5.69 Å². The Bertz CT molecular complexity index is 1020. The average Bonchev–Trinajstić information content (AvgIpc) is 3.25. The number of carbonyl (C=O) groups excluding carboxylic acids is 1. The van der Waals surface area contributed by atoms with Crippen molar-refractivity contribution in [3.8, 4) is 0 Å². The van der Waals surface area contributed by atoms with E-state index in [1.54, 1.807) is 13.0 Å². The lowest BCUT2D eigenvalue weighted by Gasteiger charge is -2.17. The third-order valence-corrected chi connectivity index (χ3v) is 5.02. The van der Waals surface area contributed by atoms with E-state index in [1.165, 1.54) is 13.2 Å². The van der Waals surface area contributed by atoms with Crippen LogP contribution in [0.25, 0.3) is 12.2 Å². The summed E-state index contributed by atoms with van der Waals surface area (Å²) in [6, 6.07) is 0.787. The van der Waals surface area contributed by atoms with Crippen molar-refractivity contribution in [1.82, 2.24) is 20.0 Å². The number of nitrogens with two attached hydrogens (primary N) is 1. The van der Waals surface area contributed by atoms with Crippen molar-refractivity contribution in [3.05, 3.63) is 40.3 Å². The third kappa shape index (κ3) is 5.31. The highest BCUT2D eigenvalue weighted by Gasteiger charge is 2.35. The molecule has 0 spiro atoms. The second-order valence-corrected chi connectivity index (χ2v) is 7.04. The number of H-pyrrole nitrogens is 1. The molecule has 0 radical (unpaired) electrons. The number of carbonyl (C=O) groups is 1. The minimum absolute atomic E-state index is 0.0957. The summed E-state index contributed by atoms with van der Waals surface area (Å²) in [5, 5.41) is 14.3. The summed E-state index contributed by atoms with van der Waals surface area (Å²) in [7, 11) is 1.17. The molecule has 2 rings (SSSR count). The maximum Gasteiger partial charge on any atom is 0.433 e. The SMILES string of the molecule is C/C=c1/[nH]nc(C(=O)Nc2cc(C(F)(F)F)n(C)n2)/c1=C/[C@H](C)C(CC)C/C=C\N. The molecule has 2 atom stereocenters. The van der Waals surface area contributed by atoms with E-state index >= 15 is 0 Å². The second-order valence-electron chi connectivity index (χ2n) is 7.04. The van der Waals surface area contributed by atoms with Crippen LogP contribution in [0, 0.1) is 11.8 Å². The molecule has 7 nitrogen and oxygen atoms in total. The summed E-state index contributed by atoms with van der Waals surface area (Å²) < 4.78 is 39.6. The molecular weight excluding hydrogens is 397 g/mol. The van der Waals surface area contributed by atoms with Crippen LogP contribution in [0.2, 0.25) is 0 Å². The van der Waals surface area contributed by atoms with Gasteiger partial charge in [-0.3, -0.25) is 14.6 Å². The Morgan fingerprint density at radius 2 is 2.13 bits per heavy atom. The monoisotopic (exact) mass is 424 g/mol. The molecule has 0 fully saturated rings. The number of alkyl halides is 3. The lowest BCUT2D eigenvalue weighted by molar-refractivity contribution is -0.143. The molecule has 4 N–H and O–H groups in total. The van der Waals surface area contributed by atoms with Crippen LogP contribution in [0.5, 0.6) is 0 Å². The average molecular weight is 424 g/mol. The molecule has 164 valence electrons. The molecule has 30 heavy (non-hydrogen) atoms. The highest BCUT2D eigenvalue weighted by atomic mass is 19.4. The summed E-state index contributed by atoms with van der Waals surface area (Å²) in [5.41, 5.74) is 4.59. The maximum absolute atomic E-state index is 13.0. The largest absolute Gasteiger partial charge is 0.433 e. The third-order valence-electron chi connectivity index (χ3n) is 5.02. The van der Waals surface area contributed by atoms with Crippen molar-refractivity contribution < 1.29 is 18.0 Å². The number of allylic oxidation sites excluding steroid dienone is 1. The number of nitrogens with zero attached hydrogens (tertiary/aromatic N) is 3. The number of amides is 1. The van der Waals surface area contributed by atoms with Gasteiger partial charge in [0.25, 0.3) is 5.91 Å². The molecule has 10 heteroatoms. The number of hydrogen-bond donors (Lipinski definition) is 3. The maximum atomic E-state index is 13.0. The smallest absolute Gasteiger partial charge is 0.405 e. The van der Waals surface area contributed by atoms with Gasteiger partial charge in [-0.15, -0.1) is 0 Å². The van der Waals surface area contributed by atoms with Crippen LogP contribution >= 0.6 is 0 Å². The lowest BCUT2D eigenvalue weighted by atomic mass is 9.88. The molecule has 0 bridgehead atoms. The van der Waals surface area contributed by atoms with Crippen molar-refractivity contribution in [2.75, 3.05) is 5.32 Å². The summed E-state index contributed by atoms with van der Waals surface area (Å²) in [4.78, 5) is 12.7. The topological polar surface area (TPSA) is 102 Å². The van der Waals surface area contributed by atoms with Gasteiger partial charge in [0, 0.05) is 18.3 Å². The zero-order chi connectivity index (χ0) is 22.5. The summed E-state index contributed by atoms with van der Waals surface area (Å²) in [6.45, 7) is 5.93. The van der Waals surface area contributed by atoms with Crippen LogP contribution in [0.3, 0.4) is 0 Å².